The molecule has 0 aliphatic carbocycles. The number of phenols is 2. The number of aromatic hydroxyl groups is 2. The van der Waals surface area contributed by atoms with Crippen LogP contribution < -0.4 is 31.7 Å². The van der Waals surface area contributed by atoms with Crippen molar-refractivity contribution in [1.82, 2.24) is 29.7 Å². The molecule has 0 saturated carbocycles. The van der Waals surface area contributed by atoms with E-state index in [1.165, 1.54) is 30.7 Å². The molecule has 1 fully saturated rings. The molecule has 348 valence electrons. The van der Waals surface area contributed by atoms with Gasteiger partial charge in [-0.05, 0) is 99.2 Å². The van der Waals surface area contributed by atoms with E-state index in [9.17, 15) is 24.6 Å². The fourth-order valence-electron chi connectivity index (χ4n) is 8.92. The van der Waals surface area contributed by atoms with E-state index in [2.05, 4.69) is 30.5 Å². The number of thiocarbonyl (C=S) groups is 1. The number of nitrogens with zero attached hydrogens (tertiary/aromatic N) is 5. The number of nitrogens with two attached hydrogens (primary N) is 1. The summed E-state index contributed by atoms with van der Waals surface area (Å²) in [5.74, 6) is 0.708. The number of imidazole rings is 1. The number of nitrogens with one attached hydrogen (secondary N) is 3. The zero-order chi connectivity index (χ0) is 46.7. The third-order valence-corrected chi connectivity index (χ3v) is 12.4. The number of carbonyl (C=O) groups is 2. The van der Waals surface area contributed by atoms with Gasteiger partial charge < -0.3 is 55.4 Å². The molecule has 0 atom stereocenters. The van der Waals surface area contributed by atoms with Crippen LogP contribution >= 0.6 is 12.2 Å². The first-order valence-corrected chi connectivity index (χ1v) is 22.6. The number of fused-ring (bicyclic) bond motifs is 7. The Labute approximate surface area is 390 Å². The first kappa shape index (κ1) is 45.1. The van der Waals surface area contributed by atoms with Crippen LogP contribution in [0.3, 0.4) is 0 Å². The zero-order valence-electron chi connectivity index (χ0n) is 36.9. The predicted octanol–water partition coefficient (Wildman–Crippen LogP) is 5.27. The van der Waals surface area contributed by atoms with Crippen molar-refractivity contribution in [1.29, 1.82) is 0 Å². The second-order valence-electron chi connectivity index (χ2n) is 16.7. The molecule has 6 aromatic rings. The number of aryl methyl sites for hydroxylation is 1. The van der Waals surface area contributed by atoms with Crippen molar-refractivity contribution in [2.75, 3.05) is 75.1 Å². The van der Waals surface area contributed by atoms with Crippen molar-refractivity contribution in [3.63, 3.8) is 0 Å². The molecule has 0 radical (unpaired) electrons. The number of aromatic nitrogens is 4. The summed E-state index contributed by atoms with van der Waals surface area (Å²) >= 11 is 5.52. The van der Waals surface area contributed by atoms with Crippen molar-refractivity contribution in [2.24, 2.45) is 0 Å². The van der Waals surface area contributed by atoms with Crippen LogP contribution in [0.4, 0.5) is 17.3 Å². The summed E-state index contributed by atoms with van der Waals surface area (Å²) in [6.07, 6.45) is 5.37. The fraction of sp³-hybridized carbons (Fsp3) is 0.333. The van der Waals surface area contributed by atoms with E-state index >= 15 is 0 Å². The van der Waals surface area contributed by atoms with Crippen LogP contribution in [0.2, 0.25) is 0 Å². The van der Waals surface area contributed by atoms with Gasteiger partial charge in [-0.25, -0.2) is 19.6 Å². The molecule has 3 aliphatic rings. The van der Waals surface area contributed by atoms with Gasteiger partial charge in [0.25, 0.3) is 0 Å². The predicted molar refractivity (Wildman–Crippen MR) is 254 cm³/mol. The highest BCUT2D eigenvalue weighted by atomic mass is 32.1. The molecule has 67 heavy (non-hydrogen) atoms. The van der Waals surface area contributed by atoms with Crippen LogP contribution in [-0.4, -0.2) is 111 Å². The molecular weight excluding hydrogens is 879 g/mol. The summed E-state index contributed by atoms with van der Waals surface area (Å²) in [5, 5.41) is 26.9. The van der Waals surface area contributed by atoms with Gasteiger partial charge in [-0.1, -0.05) is 18.6 Å². The molecule has 7 N–H and O–H groups in total. The number of likely N-dealkylation sites (tertiary alicyclic amines) is 1. The summed E-state index contributed by atoms with van der Waals surface area (Å²) in [4.78, 5) is 55.8. The molecule has 1 amide bonds. The van der Waals surface area contributed by atoms with Crippen LogP contribution in [0.15, 0.2) is 83.8 Å². The Hall–Kier alpha value is -7.06. The monoisotopic (exact) mass is 929 g/mol. The summed E-state index contributed by atoms with van der Waals surface area (Å²) in [5.41, 5.74) is 9.61. The number of hydrogen-bond acceptors (Lipinski definition) is 14. The number of rotatable bonds is 16. The lowest BCUT2D eigenvalue weighted by Crippen LogP contribution is -2.41. The van der Waals surface area contributed by atoms with Gasteiger partial charge in [-0.15, -0.1) is 0 Å². The van der Waals surface area contributed by atoms with Crippen molar-refractivity contribution in [2.45, 2.75) is 44.8 Å². The van der Waals surface area contributed by atoms with E-state index in [-0.39, 0.29) is 48.5 Å². The highest BCUT2D eigenvalue weighted by Gasteiger charge is 2.53. The van der Waals surface area contributed by atoms with Gasteiger partial charge in [-0.2, -0.15) is 0 Å². The lowest BCUT2D eigenvalue weighted by Gasteiger charge is -2.36. The zero-order valence-corrected chi connectivity index (χ0v) is 37.7. The number of carbonyl (C=O) groups excluding carboxylic acids is 2. The van der Waals surface area contributed by atoms with Gasteiger partial charge in [0.15, 0.2) is 10.7 Å². The number of benzene rings is 3. The molecule has 3 aromatic carbocycles. The van der Waals surface area contributed by atoms with Crippen molar-refractivity contribution in [3.05, 3.63) is 123 Å². The molecule has 19 heteroatoms. The van der Waals surface area contributed by atoms with Gasteiger partial charge in [0, 0.05) is 66.0 Å². The van der Waals surface area contributed by atoms with E-state index in [4.69, 9.17) is 36.9 Å². The highest BCUT2D eigenvalue weighted by molar-refractivity contribution is 7.80. The first-order chi connectivity index (χ1) is 32.5. The smallest absolute Gasteiger partial charge is 0.340 e. The number of nitrogen functional groups attached to an aromatic ring is 1. The fourth-order valence-corrected chi connectivity index (χ4v) is 9.14. The Morgan fingerprint density at radius 3 is 2.36 bits per heavy atom. The minimum absolute atomic E-state index is 0.0224. The number of hydrogen-bond donors (Lipinski definition) is 6. The topological polar surface area (TPSA) is 232 Å². The molecule has 18 nitrogen and oxygen atoms in total. The maximum atomic E-state index is 13.7. The number of aromatic amines is 1. The lowest BCUT2D eigenvalue weighted by atomic mass is 9.77. The van der Waals surface area contributed by atoms with Crippen molar-refractivity contribution in [3.8, 4) is 23.0 Å². The van der Waals surface area contributed by atoms with Crippen molar-refractivity contribution < 1.29 is 38.7 Å². The molecule has 3 aromatic heterocycles. The molecule has 1 saturated heterocycles. The number of pyridine rings is 2. The van der Waals surface area contributed by atoms with Crippen LogP contribution in [0.1, 0.15) is 64.0 Å². The third kappa shape index (κ3) is 9.48. The quantitative estimate of drug-likeness (QED) is 0.0413. The number of anilines is 3. The molecule has 0 bridgehead atoms. The van der Waals surface area contributed by atoms with Crippen LogP contribution in [0, 0.1) is 6.92 Å². The number of piperidine rings is 1. The van der Waals surface area contributed by atoms with Gasteiger partial charge in [0.2, 0.25) is 5.91 Å². The average Bonchev–Trinajstić information content (AvgIpc) is 3.78. The van der Waals surface area contributed by atoms with E-state index in [1.54, 1.807) is 46.0 Å². The van der Waals surface area contributed by atoms with Gasteiger partial charge in [0.1, 0.15) is 40.2 Å². The minimum Gasteiger partial charge on any atom is -0.508 e. The van der Waals surface area contributed by atoms with Gasteiger partial charge in [-0.3, -0.25) is 14.3 Å². The maximum Gasteiger partial charge on any atom is 0.340 e. The second-order valence-corrected chi connectivity index (χ2v) is 17.1. The molecule has 1 spiro atoms. The standard InChI is InChI=1S/C48H51N9O9S/c1-29-23-38-43(44(49)52-29)54-47(62)57(38)28-30-5-12-41(51-27-30)56(18-17-55-15-3-2-4-16-55)42(60)13-19-63-21-22-64-20-14-50-46(67)53-31-6-9-35-34(24-31)45(61)66-48(35)36-10-7-32(58)25-39(36)65-40-26-33(59)8-11-37(40)48/h5-12,23-27,58-59H,2-4,13-22,28H2,1H3,(H2,49,52)(H,54,62)(H2,50,53,67). The average molecular weight is 930 g/mol. The Bertz CT molecular complexity index is 2850. The van der Waals surface area contributed by atoms with E-state index in [0.29, 0.717) is 100 Å². The number of H-pyrrole nitrogens is 1. The van der Waals surface area contributed by atoms with Crippen molar-refractivity contribution >= 4 is 57.6 Å². The number of ether oxygens (including phenoxy) is 4. The third-order valence-electron chi connectivity index (χ3n) is 12.1. The summed E-state index contributed by atoms with van der Waals surface area (Å²) in [6, 6.07) is 20.0. The molecule has 0 unspecified atom stereocenters. The van der Waals surface area contributed by atoms with Gasteiger partial charge in [0.05, 0.1) is 50.5 Å². The summed E-state index contributed by atoms with van der Waals surface area (Å²) < 4.78 is 25.3. The van der Waals surface area contributed by atoms with Crippen LogP contribution in [0.5, 0.6) is 23.0 Å². The SMILES string of the molecule is Cc1cc2c([nH]c(=O)n2Cc2ccc(N(CCN3CCCCC3)C(=O)CCOCCOCCNC(=S)Nc3ccc4c(c3)C(=O)OC43c4ccc(O)cc4Oc4cc(O)ccc43)nc2)c(N)n1. The highest BCUT2D eigenvalue weighted by Crippen LogP contribution is 2.57. The minimum atomic E-state index is -1.36. The van der Waals surface area contributed by atoms with E-state index < -0.39 is 11.6 Å². The maximum absolute atomic E-state index is 13.7. The van der Waals surface area contributed by atoms with Crippen LogP contribution in [0.25, 0.3) is 11.0 Å². The molecule has 6 heterocycles. The second kappa shape index (κ2) is 19.4. The van der Waals surface area contributed by atoms with Gasteiger partial charge >= 0.3 is 11.7 Å². The number of amides is 1. The lowest BCUT2D eigenvalue weighted by molar-refractivity contribution is -0.119. The summed E-state index contributed by atoms with van der Waals surface area (Å²) in [6.45, 7) is 6.89. The molecule has 9 rings (SSSR count). The first-order valence-electron chi connectivity index (χ1n) is 22.2. The Morgan fingerprint density at radius 2 is 1.64 bits per heavy atom. The number of phenolic OH excluding ortho intramolecular Hbond substituents is 2. The summed E-state index contributed by atoms with van der Waals surface area (Å²) in [7, 11) is 0. The van der Waals surface area contributed by atoms with Crippen LogP contribution in [-0.2, 0) is 31.2 Å². The molecular formula is C48H51N9O9S. The largest absolute Gasteiger partial charge is 0.508 e. The Morgan fingerprint density at radius 1 is 0.925 bits per heavy atom. The van der Waals surface area contributed by atoms with E-state index in [1.807, 2.05) is 25.1 Å². The number of esters is 1. The Balaban J connectivity index is 0.733. The Kier molecular flexibility index (Phi) is 13.1. The normalized spacial score (nSPS) is 14.8. The molecule has 3 aliphatic heterocycles. The van der Waals surface area contributed by atoms with E-state index in [0.717, 1.165) is 38.0 Å².